The highest BCUT2D eigenvalue weighted by molar-refractivity contribution is 5.74. The molecule has 1 atom stereocenters. The van der Waals surface area contributed by atoms with Crippen LogP contribution in [-0.4, -0.2) is 33.5 Å². The number of hydrogen-bond acceptors (Lipinski definition) is 7. The number of carboxylic acids is 1. The fraction of sp³-hybridized carbons (Fsp3) is 0.235. The monoisotopic (exact) mass is 577 g/mol. The third-order valence-electron chi connectivity index (χ3n) is 7.73. The zero-order valence-electron chi connectivity index (χ0n) is 23.7. The van der Waals surface area contributed by atoms with Crippen molar-refractivity contribution in [3.05, 3.63) is 123 Å². The zero-order chi connectivity index (χ0) is 30.3. The first-order valence-electron chi connectivity index (χ1n) is 14.0. The van der Waals surface area contributed by atoms with Crippen LogP contribution >= 0.6 is 0 Å². The number of nitrogens with zero attached hydrogens (tertiary/aromatic N) is 3. The van der Waals surface area contributed by atoms with Gasteiger partial charge in [-0.05, 0) is 66.3 Å². The second kappa shape index (κ2) is 13.2. The number of ether oxygens (including phenoxy) is 2. The van der Waals surface area contributed by atoms with Gasteiger partial charge < -0.3 is 14.6 Å². The van der Waals surface area contributed by atoms with Crippen molar-refractivity contribution in [3.63, 3.8) is 0 Å². The van der Waals surface area contributed by atoms with E-state index in [0.29, 0.717) is 29.8 Å². The Labute approximate surface area is 249 Å². The summed E-state index contributed by atoms with van der Waals surface area (Å²) in [7, 11) is 0. The van der Waals surface area contributed by atoms with Gasteiger partial charge in [0.25, 0.3) is 0 Å². The summed E-state index contributed by atoms with van der Waals surface area (Å²) in [5, 5.41) is 31.2. The number of rotatable bonds is 11. The molecule has 0 unspecified atom stereocenters. The molecule has 1 N–H and O–H groups in total. The molecular formula is C34H31N3O6. The van der Waals surface area contributed by atoms with E-state index < -0.39 is 16.9 Å². The van der Waals surface area contributed by atoms with E-state index in [1.165, 1.54) is 12.1 Å². The predicted molar refractivity (Wildman–Crippen MR) is 161 cm³/mol. The number of nitriles is 1. The van der Waals surface area contributed by atoms with E-state index in [1.54, 1.807) is 23.1 Å². The molecule has 1 fully saturated rings. The molecule has 218 valence electrons. The standard InChI is InChI=1S/C34H31N3O6/c1-23-27(12-6-13-29(23)26-10-3-2-4-11-26)22-43-33-18-32(42-21-25-9-5-8-24(16-25)19-35)28(17-31(33)37(40)41)20-36-15-7-14-30(36)34(38)39/h2-6,8-13,16-18,30H,7,14-15,20-22H2,1H3,(H,38,39)/t30-/m0/s1. The summed E-state index contributed by atoms with van der Waals surface area (Å²) in [6.07, 6.45) is 1.23. The van der Waals surface area contributed by atoms with E-state index in [1.807, 2.05) is 61.5 Å². The lowest BCUT2D eigenvalue weighted by Crippen LogP contribution is -2.35. The Morgan fingerprint density at radius 3 is 2.51 bits per heavy atom. The maximum Gasteiger partial charge on any atom is 0.320 e. The Balaban J connectivity index is 1.47. The van der Waals surface area contributed by atoms with Crippen LogP contribution in [0.2, 0.25) is 0 Å². The normalized spacial score (nSPS) is 14.7. The molecule has 0 aliphatic carbocycles. The Kier molecular flexibility index (Phi) is 8.99. The minimum Gasteiger partial charge on any atom is -0.488 e. The first-order valence-corrected chi connectivity index (χ1v) is 14.0. The minimum absolute atomic E-state index is 0.0512. The average molecular weight is 578 g/mol. The molecule has 0 radical (unpaired) electrons. The van der Waals surface area contributed by atoms with Crippen LogP contribution in [0.3, 0.4) is 0 Å². The van der Waals surface area contributed by atoms with Crippen LogP contribution in [0.1, 0.15) is 40.7 Å². The maximum absolute atomic E-state index is 12.2. The Bertz CT molecular complexity index is 1680. The van der Waals surface area contributed by atoms with Gasteiger partial charge in [0.05, 0.1) is 16.6 Å². The Morgan fingerprint density at radius 2 is 1.77 bits per heavy atom. The molecule has 5 rings (SSSR count). The van der Waals surface area contributed by atoms with Gasteiger partial charge in [0.15, 0.2) is 0 Å². The van der Waals surface area contributed by atoms with Gasteiger partial charge >= 0.3 is 11.7 Å². The van der Waals surface area contributed by atoms with Crippen molar-refractivity contribution in [2.24, 2.45) is 0 Å². The largest absolute Gasteiger partial charge is 0.488 e. The Hall–Kier alpha value is -5.20. The molecule has 4 aromatic carbocycles. The third-order valence-corrected chi connectivity index (χ3v) is 7.73. The highest BCUT2D eigenvalue weighted by atomic mass is 16.6. The molecular weight excluding hydrogens is 546 g/mol. The van der Waals surface area contributed by atoms with Gasteiger partial charge in [-0.1, -0.05) is 60.7 Å². The van der Waals surface area contributed by atoms with Crippen molar-refractivity contribution in [2.75, 3.05) is 6.54 Å². The molecule has 0 aromatic heterocycles. The number of nitro groups is 1. The summed E-state index contributed by atoms with van der Waals surface area (Å²) in [5.41, 5.74) is 5.52. The van der Waals surface area contributed by atoms with Gasteiger partial charge in [-0.2, -0.15) is 5.26 Å². The number of likely N-dealkylation sites (tertiary alicyclic amines) is 1. The van der Waals surface area contributed by atoms with Crippen molar-refractivity contribution >= 4 is 11.7 Å². The Morgan fingerprint density at radius 1 is 1.00 bits per heavy atom. The van der Waals surface area contributed by atoms with Gasteiger partial charge in [0.2, 0.25) is 5.75 Å². The van der Waals surface area contributed by atoms with E-state index in [2.05, 4.69) is 6.07 Å². The average Bonchev–Trinajstić information content (AvgIpc) is 3.49. The number of aliphatic carboxylic acids is 1. The van der Waals surface area contributed by atoms with Gasteiger partial charge in [-0.15, -0.1) is 0 Å². The van der Waals surface area contributed by atoms with Crippen LogP contribution < -0.4 is 9.47 Å². The van der Waals surface area contributed by atoms with Gasteiger partial charge in [-0.3, -0.25) is 19.8 Å². The summed E-state index contributed by atoms with van der Waals surface area (Å²) in [6, 6.07) is 27.2. The molecule has 0 bridgehead atoms. The molecule has 9 nitrogen and oxygen atoms in total. The summed E-state index contributed by atoms with van der Waals surface area (Å²) < 4.78 is 12.3. The van der Waals surface area contributed by atoms with Crippen LogP contribution in [0.4, 0.5) is 5.69 Å². The molecule has 9 heteroatoms. The van der Waals surface area contributed by atoms with Gasteiger partial charge in [0, 0.05) is 24.2 Å². The van der Waals surface area contributed by atoms with Crippen LogP contribution in [0.15, 0.2) is 84.9 Å². The van der Waals surface area contributed by atoms with E-state index in [0.717, 1.165) is 34.2 Å². The van der Waals surface area contributed by atoms with E-state index in [9.17, 15) is 25.3 Å². The molecule has 0 amide bonds. The summed E-state index contributed by atoms with van der Waals surface area (Å²) in [5.74, 6) is -0.514. The van der Waals surface area contributed by atoms with E-state index in [-0.39, 0.29) is 31.2 Å². The fourth-order valence-corrected chi connectivity index (χ4v) is 5.44. The van der Waals surface area contributed by atoms with Crippen molar-refractivity contribution in [3.8, 4) is 28.7 Å². The summed E-state index contributed by atoms with van der Waals surface area (Å²) in [4.78, 5) is 25.3. The third kappa shape index (κ3) is 6.83. The minimum atomic E-state index is -0.921. The van der Waals surface area contributed by atoms with Crippen LogP contribution in [0.5, 0.6) is 11.5 Å². The maximum atomic E-state index is 12.2. The highest BCUT2D eigenvalue weighted by Gasteiger charge is 2.32. The second-order valence-electron chi connectivity index (χ2n) is 10.5. The number of hydrogen-bond donors (Lipinski definition) is 1. The molecule has 4 aromatic rings. The van der Waals surface area contributed by atoms with Gasteiger partial charge in [-0.25, -0.2) is 0 Å². The van der Waals surface area contributed by atoms with Crippen LogP contribution in [0.25, 0.3) is 11.1 Å². The number of carbonyl (C=O) groups is 1. The summed E-state index contributed by atoms with van der Waals surface area (Å²) >= 11 is 0. The number of benzene rings is 4. The van der Waals surface area contributed by atoms with E-state index >= 15 is 0 Å². The van der Waals surface area contributed by atoms with Crippen LogP contribution in [-0.2, 0) is 24.6 Å². The first-order chi connectivity index (χ1) is 20.8. The number of carboxylic acid groups (broad SMARTS) is 1. The van der Waals surface area contributed by atoms with Crippen LogP contribution in [0, 0.1) is 28.4 Å². The lowest BCUT2D eigenvalue weighted by Gasteiger charge is -2.23. The fourth-order valence-electron chi connectivity index (χ4n) is 5.44. The summed E-state index contributed by atoms with van der Waals surface area (Å²) in [6.45, 7) is 2.94. The second-order valence-corrected chi connectivity index (χ2v) is 10.5. The molecule has 1 heterocycles. The zero-order valence-corrected chi connectivity index (χ0v) is 23.7. The van der Waals surface area contributed by atoms with Crippen molar-refractivity contribution in [1.29, 1.82) is 5.26 Å². The molecule has 1 saturated heterocycles. The SMILES string of the molecule is Cc1c(COc2cc(OCc3cccc(C#N)c3)c(CN3CCC[C@H]3C(=O)O)cc2[N+](=O)[O-])cccc1-c1ccccc1. The lowest BCUT2D eigenvalue weighted by molar-refractivity contribution is -0.386. The predicted octanol–water partition coefficient (Wildman–Crippen LogP) is 6.65. The first kappa shape index (κ1) is 29.3. The van der Waals surface area contributed by atoms with Gasteiger partial charge in [0.1, 0.15) is 25.0 Å². The van der Waals surface area contributed by atoms with Crippen molar-refractivity contribution in [1.82, 2.24) is 4.90 Å². The van der Waals surface area contributed by atoms with Crippen molar-refractivity contribution < 1.29 is 24.3 Å². The lowest BCUT2D eigenvalue weighted by atomic mass is 9.97. The topological polar surface area (TPSA) is 126 Å². The number of nitro benzene ring substituents is 1. The van der Waals surface area contributed by atoms with E-state index in [4.69, 9.17) is 9.47 Å². The molecule has 1 aliphatic rings. The molecule has 0 saturated carbocycles. The molecule has 43 heavy (non-hydrogen) atoms. The smallest absolute Gasteiger partial charge is 0.320 e. The highest BCUT2D eigenvalue weighted by Crippen LogP contribution is 2.38. The molecule has 0 spiro atoms. The quantitative estimate of drug-likeness (QED) is 0.155. The molecule has 1 aliphatic heterocycles. The van der Waals surface area contributed by atoms with Crippen molar-refractivity contribution in [2.45, 2.75) is 45.6 Å².